The Labute approximate surface area is 103 Å². The highest BCUT2D eigenvalue weighted by molar-refractivity contribution is 5.99. The van der Waals surface area contributed by atoms with Crippen LogP contribution in [0.3, 0.4) is 0 Å². The third-order valence-corrected chi connectivity index (χ3v) is 2.56. The van der Waals surface area contributed by atoms with Gasteiger partial charge in [0.05, 0.1) is 12.7 Å². The van der Waals surface area contributed by atoms with Crippen LogP contribution in [0.1, 0.15) is 15.9 Å². The van der Waals surface area contributed by atoms with E-state index < -0.39 is 11.9 Å². The molecule has 1 aromatic heterocycles. The Morgan fingerprint density at radius 2 is 2.17 bits per heavy atom. The molecule has 0 bridgehead atoms. The number of methoxy groups -OCH3 is 1. The SMILES string of the molecule is COC(=O)c1ccc2[nH]cc(/C=C\C(N)=O)c2c1. The Balaban J connectivity index is 2.49. The number of hydrogen-bond acceptors (Lipinski definition) is 3. The van der Waals surface area contributed by atoms with Crippen molar-refractivity contribution in [2.45, 2.75) is 0 Å². The monoisotopic (exact) mass is 244 g/mol. The molecule has 1 heterocycles. The number of aromatic amines is 1. The van der Waals surface area contributed by atoms with Gasteiger partial charge >= 0.3 is 5.97 Å². The van der Waals surface area contributed by atoms with Gasteiger partial charge in [0, 0.05) is 23.2 Å². The number of amides is 1. The Bertz CT molecular complexity index is 641. The van der Waals surface area contributed by atoms with Crippen LogP contribution < -0.4 is 5.73 Å². The van der Waals surface area contributed by atoms with E-state index >= 15 is 0 Å². The van der Waals surface area contributed by atoms with Gasteiger partial charge in [0.1, 0.15) is 0 Å². The molecule has 0 aliphatic rings. The van der Waals surface area contributed by atoms with E-state index in [1.165, 1.54) is 13.2 Å². The zero-order valence-electron chi connectivity index (χ0n) is 9.77. The highest BCUT2D eigenvalue weighted by atomic mass is 16.5. The number of nitrogens with one attached hydrogen (secondary N) is 1. The van der Waals surface area contributed by atoms with Gasteiger partial charge in [0.25, 0.3) is 0 Å². The molecule has 18 heavy (non-hydrogen) atoms. The van der Waals surface area contributed by atoms with Crippen LogP contribution in [0, 0.1) is 0 Å². The summed E-state index contributed by atoms with van der Waals surface area (Å²) >= 11 is 0. The molecule has 0 atom stereocenters. The lowest BCUT2D eigenvalue weighted by molar-refractivity contribution is -0.113. The van der Waals surface area contributed by atoms with Crippen LogP contribution >= 0.6 is 0 Å². The van der Waals surface area contributed by atoms with Crippen LogP contribution in [0.2, 0.25) is 0 Å². The second-order valence-electron chi connectivity index (χ2n) is 3.73. The molecule has 0 spiro atoms. The van der Waals surface area contributed by atoms with Crippen molar-refractivity contribution in [3.8, 4) is 0 Å². The van der Waals surface area contributed by atoms with E-state index in [-0.39, 0.29) is 0 Å². The smallest absolute Gasteiger partial charge is 0.337 e. The summed E-state index contributed by atoms with van der Waals surface area (Å²) in [6, 6.07) is 5.16. The molecule has 92 valence electrons. The molecular weight excluding hydrogens is 232 g/mol. The molecule has 5 nitrogen and oxygen atoms in total. The standard InChI is InChI=1S/C13H12N2O3/c1-18-13(17)8-2-4-11-10(6-8)9(7-15-11)3-5-12(14)16/h2-7,15H,1H3,(H2,14,16)/b5-3-. The predicted octanol–water partition coefficient (Wildman–Crippen LogP) is 1.45. The lowest BCUT2D eigenvalue weighted by Gasteiger charge is -1.99. The Hall–Kier alpha value is -2.56. The number of esters is 1. The van der Waals surface area contributed by atoms with Crippen molar-refractivity contribution in [2.24, 2.45) is 5.73 Å². The Morgan fingerprint density at radius 3 is 2.83 bits per heavy atom. The number of fused-ring (bicyclic) bond motifs is 1. The van der Waals surface area contributed by atoms with Gasteiger partial charge in [-0.25, -0.2) is 4.79 Å². The molecule has 2 rings (SSSR count). The second-order valence-corrected chi connectivity index (χ2v) is 3.73. The first-order valence-corrected chi connectivity index (χ1v) is 5.29. The molecule has 0 aliphatic carbocycles. The molecule has 5 heteroatoms. The Morgan fingerprint density at radius 1 is 1.39 bits per heavy atom. The van der Waals surface area contributed by atoms with Crippen molar-refractivity contribution in [3.05, 3.63) is 41.6 Å². The van der Waals surface area contributed by atoms with E-state index in [1.807, 2.05) is 0 Å². The molecule has 0 fully saturated rings. The minimum Gasteiger partial charge on any atom is -0.465 e. The number of ether oxygens (including phenoxy) is 1. The highest BCUT2D eigenvalue weighted by Gasteiger charge is 2.08. The molecule has 0 aliphatic heterocycles. The maximum absolute atomic E-state index is 11.4. The van der Waals surface area contributed by atoms with E-state index in [1.54, 1.807) is 30.5 Å². The third-order valence-electron chi connectivity index (χ3n) is 2.56. The normalized spacial score (nSPS) is 10.9. The fourth-order valence-electron chi connectivity index (χ4n) is 1.70. The molecule has 3 N–H and O–H groups in total. The second kappa shape index (κ2) is 4.75. The van der Waals surface area contributed by atoms with Crippen molar-refractivity contribution in [3.63, 3.8) is 0 Å². The van der Waals surface area contributed by atoms with Crippen molar-refractivity contribution < 1.29 is 14.3 Å². The first-order chi connectivity index (χ1) is 8.61. The number of aromatic nitrogens is 1. The minimum atomic E-state index is -0.520. The zero-order chi connectivity index (χ0) is 13.1. The van der Waals surface area contributed by atoms with Crippen LogP contribution in [-0.2, 0) is 9.53 Å². The van der Waals surface area contributed by atoms with Crippen LogP contribution in [-0.4, -0.2) is 24.0 Å². The fraction of sp³-hybridized carbons (Fsp3) is 0.0769. The maximum Gasteiger partial charge on any atom is 0.337 e. The van der Waals surface area contributed by atoms with Gasteiger partial charge < -0.3 is 15.5 Å². The van der Waals surface area contributed by atoms with Crippen molar-refractivity contribution in [1.29, 1.82) is 0 Å². The lowest BCUT2D eigenvalue weighted by Crippen LogP contribution is -2.05. The van der Waals surface area contributed by atoms with Gasteiger partial charge in [-0.3, -0.25) is 4.79 Å². The predicted molar refractivity (Wildman–Crippen MR) is 67.9 cm³/mol. The number of benzene rings is 1. The fourth-order valence-corrected chi connectivity index (χ4v) is 1.70. The molecular formula is C13H12N2O3. The van der Waals surface area contributed by atoms with Gasteiger partial charge in [0.2, 0.25) is 5.91 Å². The molecule has 2 aromatic rings. The Kier molecular flexibility index (Phi) is 3.14. The summed E-state index contributed by atoms with van der Waals surface area (Å²) in [6.45, 7) is 0. The van der Waals surface area contributed by atoms with E-state index in [0.717, 1.165) is 16.5 Å². The number of nitrogens with two attached hydrogens (primary N) is 1. The van der Waals surface area contributed by atoms with Crippen LogP contribution in [0.5, 0.6) is 0 Å². The average Bonchev–Trinajstić information content (AvgIpc) is 2.77. The topological polar surface area (TPSA) is 85.2 Å². The zero-order valence-corrected chi connectivity index (χ0v) is 9.77. The average molecular weight is 244 g/mol. The largest absolute Gasteiger partial charge is 0.465 e. The van der Waals surface area contributed by atoms with Crippen LogP contribution in [0.4, 0.5) is 0 Å². The van der Waals surface area contributed by atoms with E-state index in [4.69, 9.17) is 5.73 Å². The van der Waals surface area contributed by atoms with E-state index in [2.05, 4.69) is 9.72 Å². The summed E-state index contributed by atoms with van der Waals surface area (Å²) < 4.78 is 4.66. The summed E-state index contributed by atoms with van der Waals surface area (Å²) in [7, 11) is 1.33. The van der Waals surface area contributed by atoms with Crippen molar-refractivity contribution >= 4 is 28.9 Å². The van der Waals surface area contributed by atoms with Gasteiger partial charge in [-0.1, -0.05) is 0 Å². The van der Waals surface area contributed by atoms with Gasteiger partial charge in [-0.2, -0.15) is 0 Å². The molecule has 0 saturated heterocycles. The van der Waals surface area contributed by atoms with Crippen LogP contribution in [0.15, 0.2) is 30.5 Å². The quantitative estimate of drug-likeness (QED) is 0.633. The molecule has 0 radical (unpaired) electrons. The lowest BCUT2D eigenvalue weighted by atomic mass is 10.1. The third kappa shape index (κ3) is 2.24. The minimum absolute atomic E-state index is 0.400. The summed E-state index contributed by atoms with van der Waals surface area (Å²) in [5.41, 5.74) is 7.15. The molecule has 1 aromatic carbocycles. The first-order valence-electron chi connectivity index (χ1n) is 5.29. The summed E-state index contributed by atoms with van der Waals surface area (Å²) in [5.74, 6) is -0.920. The summed E-state index contributed by atoms with van der Waals surface area (Å²) in [4.78, 5) is 25.2. The number of hydrogen-bond donors (Lipinski definition) is 2. The van der Waals surface area contributed by atoms with Gasteiger partial charge in [-0.15, -0.1) is 0 Å². The van der Waals surface area contributed by atoms with E-state index in [9.17, 15) is 9.59 Å². The number of H-pyrrole nitrogens is 1. The summed E-state index contributed by atoms with van der Waals surface area (Å²) in [5, 5.41) is 0.829. The van der Waals surface area contributed by atoms with Crippen molar-refractivity contribution in [1.82, 2.24) is 4.98 Å². The van der Waals surface area contributed by atoms with Crippen molar-refractivity contribution in [2.75, 3.05) is 7.11 Å². The number of rotatable bonds is 3. The summed E-state index contributed by atoms with van der Waals surface area (Å²) in [6.07, 6.45) is 4.61. The molecule has 1 amide bonds. The molecule has 0 unspecified atom stereocenters. The number of primary amides is 1. The van der Waals surface area contributed by atoms with Crippen LogP contribution in [0.25, 0.3) is 17.0 Å². The maximum atomic E-state index is 11.4. The number of carbonyl (C=O) groups is 2. The van der Waals surface area contributed by atoms with E-state index in [0.29, 0.717) is 5.56 Å². The number of carbonyl (C=O) groups excluding carboxylic acids is 2. The van der Waals surface area contributed by atoms with Gasteiger partial charge in [-0.05, 0) is 29.8 Å². The highest BCUT2D eigenvalue weighted by Crippen LogP contribution is 2.21. The van der Waals surface area contributed by atoms with Gasteiger partial charge in [0.15, 0.2) is 0 Å². The molecule has 0 saturated carbocycles. The first kappa shape index (κ1) is 11.9.